The summed E-state index contributed by atoms with van der Waals surface area (Å²) in [4.78, 5) is 12.4. The number of rotatable bonds is 0. The SMILES string of the molecule is O=C1Nc2cccc(O)c2OCC12CCCCC2. The van der Waals surface area contributed by atoms with Gasteiger partial charge < -0.3 is 15.2 Å². The van der Waals surface area contributed by atoms with Gasteiger partial charge in [-0.3, -0.25) is 4.79 Å². The standard InChI is InChI=1S/C14H17NO3/c16-11-6-4-5-10-12(11)18-9-14(13(17)15-10)7-2-1-3-8-14/h4-6,16H,1-3,7-9H2,(H,15,17). The third kappa shape index (κ3) is 1.72. The second-order valence-electron chi connectivity index (χ2n) is 5.24. The third-order valence-electron chi connectivity index (χ3n) is 4.03. The molecule has 1 aliphatic carbocycles. The minimum Gasteiger partial charge on any atom is -0.504 e. The van der Waals surface area contributed by atoms with Gasteiger partial charge in [0.2, 0.25) is 5.91 Å². The van der Waals surface area contributed by atoms with E-state index < -0.39 is 5.41 Å². The highest BCUT2D eigenvalue weighted by molar-refractivity contribution is 5.98. The van der Waals surface area contributed by atoms with Gasteiger partial charge in [0, 0.05) is 0 Å². The number of ether oxygens (including phenoxy) is 1. The van der Waals surface area contributed by atoms with E-state index in [1.807, 2.05) is 0 Å². The molecule has 0 radical (unpaired) electrons. The maximum atomic E-state index is 12.4. The van der Waals surface area contributed by atoms with E-state index in [1.54, 1.807) is 18.2 Å². The van der Waals surface area contributed by atoms with E-state index in [4.69, 9.17) is 4.74 Å². The Labute approximate surface area is 106 Å². The van der Waals surface area contributed by atoms with Crippen molar-refractivity contribution in [3.8, 4) is 11.5 Å². The van der Waals surface area contributed by atoms with Gasteiger partial charge in [0.15, 0.2) is 11.5 Å². The molecule has 0 saturated heterocycles. The van der Waals surface area contributed by atoms with E-state index in [0.717, 1.165) is 25.7 Å². The lowest BCUT2D eigenvalue weighted by Crippen LogP contribution is -2.41. The Hall–Kier alpha value is -1.71. The van der Waals surface area contributed by atoms with Crippen molar-refractivity contribution in [3.63, 3.8) is 0 Å². The van der Waals surface area contributed by atoms with Crippen LogP contribution in [0.2, 0.25) is 0 Å². The number of hydrogen-bond donors (Lipinski definition) is 2. The van der Waals surface area contributed by atoms with Crippen LogP contribution < -0.4 is 10.1 Å². The maximum Gasteiger partial charge on any atom is 0.234 e. The molecule has 1 aliphatic heterocycles. The van der Waals surface area contributed by atoms with E-state index in [1.165, 1.54) is 6.42 Å². The Kier molecular flexibility index (Phi) is 2.65. The molecule has 0 unspecified atom stereocenters. The van der Waals surface area contributed by atoms with Crippen LogP contribution in [-0.4, -0.2) is 17.6 Å². The number of phenols is 1. The molecule has 2 aliphatic rings. The van der Waals surface area contributed by atoms with Crippen molar-refractivity contribution in [2.45, 2.75) is 32.1 Å². The summed E-state index contributed by atoms with van der Waals surface area (Å²) < 4.78 is 5.71. The highest BCUT2D eigenvalue weighted by Crippen LogP contribution is 2.44. The average molecular weight is 247 g/mol. The molecule has 1 saturated carbocycles. The first-order valence-electron chi connectivity index (χ1n) is 6.48. The van der Waals surface area contributed by atoms with Crippen molar-refractivity contribution in [1.82, 2.24) is 0 Å². The molecule has 1 heterocycles. The molecule has 0 atom stereocenters. The van der Waals surface area contributed by atoms with Crippen LogP contribution in [0.1, 0.15) is 32.1 Å². The number of hydrogen-bond acceptors (Lipinski definition) is 3. The number of phenolic OH excluding ortho intramolecular Hbond substituents is 1. The fourth-order valence-electron chi connectivity index (χ4n) is 2.91. The number of anilines is 1. The largest absolute Gasteiger partial charge is 0.504 e. The number of carbonyl (C=O) groups excluding carboxylic acids is 1. The van der Waals surface area contributed by atoms with E-state index >= 15 is 0 Å². The molecule has 1 aromatic carbocycles. The van der Waals surface area contributed by atoms with Crippen molar-refractivity contribution in [3.05, 3.63) is 18.2 Å². The van der Waals surface area contributed by atoms with Gasteiger partial charge in [0.05, 0.1) is 11.1 Å². The van der Waals surface area contributed by atoms with Crippen LogP contribution in [0.25, 0.3) is 0 Å². The predicted octanol–water partition coefficient (Wildman–Crippen LogP) is 2.67. The Morgan fingerprint density at radius 1 is 1.22 bits per heavy atom. The number of fused-ring (bicyclic) bond motifs is 1. The zero-order chi connectivity index (χ0) is 12.6. The molecule has 96 valence electrons. The first-order valence-corrected chi connectivity index (χ1v) is 6.48. The molecule has 2 N–H and O–H groups in total. The van der Waals surface area contributed by atoms with Gasteiger partial charge in [-0.25, -0.2) is 0 Å². The average Bonchev–Trinajstić information content (AvgIpc) is 2.51. The van der Waals surface area contributed by atoms with Gasteiger partial charge in [0.1, 0.15) is 6.61 Å². The Morgan fingerprint density at radius 2 is 2.00 bits per heavy atom. The fourth-order valence-corrected chi connectivity index (χ4v) is 2.91. The lowest BCUT2D eigenvalue weighted by Gasteiger charge is -2.33. The van der Waals surface area contributed by atoms with Crippen molar-refractivity contribution < 1.29 is 14.6 Å². The highest BCUT2D eigenvalue weighted by atomic mass is 16.5. The van der Waals surface area contributed by atoms with Crippen LogP contribution in [0, 0.1) is 5.41 Å². The van der Waals surface area contributed by atoms with E-state index in [2.05, 4.69) is 5.32 Å². The molecule has 1 spiro atoms. The van der Waals surface area contributed by atoms with Gasteiger partial charge in [-0.2, -0.15) is 0 Å². The number of para-hydroxylation sites is 1. The van der Waals surface area contributed by atoms with Crippen LogP contribution in [-0.2, 0) is 4.79 Å². The van der Waals surface area contributed by atoms with E-state index in [0.29, 0.717) is 18.0 Å². The summed E-state index contributed by atoms with van der Waals surface area (Å²) in [5.41, 5.74) is 0.159. The summed E-state index contributed by atoms with van der Waals surface area (Å²) in [6.45, 7) is 0.364. The minimum atomic E-state index is -0.413. The molecule has 3 rings (SSSR count). The van der Waals surface area contributed by atoms with E-state index in [-0.39, 0.29) is 11.7 Å². The summed E-state index contributed by atoms with van der Waals surface area (Å²) in [5.74, 6) is 0.514. The van der Waals surface area contributed by atoms with Crippen LogP contribution in [0.5, 0.6) is 11.5 Å². The summed E-state index contributed by atoms with van der Waals surface area (Å²) in [5, 5.41) is 12.7. The Balaban J connectivity index is 1.95. The summed E-state index contributed by atoms with van der Waals surface area (Å²) >= 11 is 0. The topological polar surface area (TPSA) is 58.6 Å². The lowest BCUT2D eigenvalue weighted by atomic mass is 9.74. The second kappa shape index (κ2) is 4.19. The number of nitrogens with one attached hydrogen (secondary N) is 1. The lowest BCUT2D eigenvalue weighted by molar-refractivity contribution is -0.129. The van der Waals surface area contributed by atoms with Gasteiger partial charge >= 0.3 is 0 Å². The van der Waals surface area contributed by atoms with Gasteiger partial charge in [-0.05, 0) is 25.0 Å². The number of amides is 1. The molecule has 0 aromatic heterocycles. The van der Waals surface area contributed by atoms with Crippen molar-refractivity contribution in [2.75, 3.05) is 11.9 Å². The zero-order valence-electron chi connectivity index (χ0n) is 10.2. The molecule has 1 fully saturated rings. The molecular weight excluding hydrogens is 230 g/mol. The third-order valence-corrected chi connectivity index (χ3v) is 4.03. The number of aromatic hydroxyl groups is 1. The molecule has 0 bridgehead atoms. The second-order valence-corrected chi connectivity index (χ2v) is 5.24. The van der Waals surface area contributed by atoms with Crippen LogP contribution in [0.15, 0.2) is 18.2 Å². The van der Waals surface area contributed by atoms with Gasteiger partial charge in [-0.1, -0.05) is 25.3 Å². The minimum absolute atomic E-state index is 0.0338. The molecule has 4 heteroatoms. The Morgan fingerprint density at radius 3 is 2.78 bits per heavy atom. The van der Waals surface area contributed by atoms with Crippen LogP contribution in [0.4, 0.5) is 5.69 Å². The summed E-state index contributed by atoms with van der Waals surface area (Å²) in [7, 11) is 0. The summed E-state index contributed by atoms with van der Waals surface area (Å²) in [6, 6.07) is 5.04. The monoisotopic (exact) mass is 247 g/mol. The molecule has 4 nitrogen and oxygen atoms in total. The first kappa shape index (κ1) is 11.4. The molecule has 1 amide bonds. The first-order chi connectivity index (χ1) is 8.71. The quantitative estimate of drug-likeness (QED) is 0.741. The van der Waals surface area contributed by atoms with Crippen molar-refractivity contribution in [2.24, 2.45) is 5.41 Å². The smallest absolute Gasteiger partial charge is 0.234 e. The normalized spacial score (nSPS) is 21.7. The molecular formula is C14H17NO3. The van der Waals surface area contributed by atoms with Crippen molar-refractivity contribution >= 4 is 11.6 Å². The predicted molar refractivity (Wildman–Crippen MR) is 67.7 cm³/mol. The summed E-state index contributed by atoms with van der Waals surface area (Å²) in [6.07, 6.45) is 5.06. The number of carbonyl (C=O) groups is 1. The fraction of sp³-hybridized carbons (Fsp3) is 0.500. The molecule has 1 aromatic rings. The van der Waals surface area contributed by atoms with E-state index in [9.17, 15) is 9.90 Å². The zero-order valence-corrected chi connectivity index (χ0v) is 10.2. The Bertz CT molecular complexity index is 478. The van der Waals surface area contributed by atoms with Gasteiger partial charge in [0.25, 0.3) is 0 Å². The van der Waals surface area contributed by atoms with Crippen molar-refractivity contribution in [1.29, 1.82) is 0 Å². The van der Waals surface area contributed by atoms with Gasteiger partial charge in [-0.15, -0.1) is 0 Å². The highest BCUT2D eigenvalue weighted by Gasteiger charge is 2.42. The molecule has 18 heavy (non-hydrogen) atoms. The van der Waals surface area contributed by atoms with Crippen LogP contribution >= 0.6 is 0 Å². The van der Waals surface area contributed by atoms with Crippen LogP contribution in [0.3, 0.4) is 0 Å². The number of benzene rings is 1. The maximum absolute atomic E-state index is 12.4.